The van der Waals surface area contributed by atoms with Gasteiger partial charge < -0.3 is 19.8 Å². The monoisotopic (exact) mass is 298 g/mol. The number of hydrogen-bond donors (Lipinski definition) is 2. The van der Waals surface area contributed by atoms with Gasteiger partial charge in [0.05, 0.1) is 29.5 Å². The molecule has 0 fully saturated rings. The summed E-state index contributed by atoms with van der Waals surface area (Å²) in [5.41, 5.74) is 3.32. The third-order valence-corrected chi connectivity index (χ3v) is 3.69. The molecule has 2 N–H and O–H groups in total. The average Bonchev–Trinajstić information content (AvgIpc) is 3.10. The lowest BCUT2D eigenvalue weighted by atomic mass is 10.2. The number of rotatable bonds is 3. The Hall–Kier alpha value is -2.96. The van der Waals surface area contributed by atoms with Gasteiger partial charge in [0, 0.05) is 18.8 Å². The highest BCUT2D eigenvalue weighted by Crippen LogP contribution is 2.31. The molecule has 112 valence electrons. The molecule has 0 aliphatic carbocycles. The molecule has 2 aromatic heterocycles. The van der Waals surface area contributed by atoms with Crippen molar-refractivity contribution in [3.63, 3.8) is 0 Å². The van der Waals surface area contributed by atoms with E-state index in [0.29, 0.717) is 12.3 Å². The molecule has 0 spiro atoms. The van der Waals surface area contributed by atoms with Crippen LogP contribution in [0.4, 0.5) is 5.69 Å². The number of imidazole rings is 1. The zero-order chi connectivity index (χ0) is 15.1. The summed E-state index contributed by atoms with van der Waals surface area (Å²) in [6, 6.07) is 7.60. The maximum absolute atomic E-state index is 11.6. The second-order valence-electron chi connectivity index (χ2n) is 5.10. The minimum absolute atomic E-state index is 0.121. The number of nitrogens with zero attached hydrogens (tertiary/aromatic N) is 2. The lowest BCUT2D eigenvalue weighted by Gasteiger charge is -2.07. The molecule has 0 saturated heterocycles. The smallest absolute Gasteiger partial charge is 0.326 e. The van der Waals surface area contributed by atoms with Gasteiger partial charge in [0.25, 0.3) is 0 Å². The highest BCUT2D eigenvalue weighted by molar-refractivity contribution is 5.79. The van der Waals surface area contributed by atoms with Crippen molar-refractivity contribution in [1.82, 2.24) is 14.5 Å². The molecule has 1 aliphatic rings. The Labute approximate surface area is 125 Å². The number of anilines is 1. The van der Waals surface area contributed by atoms with Crippen molar-refractivity contribution in [1.29, 1.82) is 0 Å². The largest absolute Gasteiger partial charge is 0.453 e. The summed E-state index contributed by atoms with van der Waals surface area (Å²) in [4.78, 5) is 18.7. The number of nitrogens with one attached hydrogen (secondary N) is 2. The number of H-pyrrole nitrogens is 1. The SMILES string of the molecule is Cn1c(=O)[nH]c2cc(NCc3cc4c(cn3)OCO4)ccc21. The molecule has 0 saturated carbocycles. The summed E-state index contributed by atoms with van der Waals surface area (Å²) in [6.07, 6.45) is 1.66. The molecule has 3 aromatic rings. The van der Waals surface area contributed by atoms with Crippen LogP contribution in [0, 0.1) is 0 Å². The first-order valence-electron chi connectivity index (χ1n) is 6.88. The number of aromatic nitrogens is 3. The second kappa shape index (κ2) is 4.80. The minimum atomic E-state index is -0.121. The van der Waals surface area contributed by atoms with E-state index in [9.17, 15) is 4.79 Å². The maximum Gasteiger partial charge on any atom is 0.326 e. The maximum atomic E-state index is 11.6. The quantitative estimate of drug-likeness (QED) is 0.767. The number of aryl methyl sites for hydroxylation is 1. The van der Waals surface area contributed by atoms with E-state index in [1.165, 1.54) is 0 Å². The fourth-order valence-electron chi connectivity index (χ4n) is 2.48. The van der Waals surface area contributed by atoms with Crippen LogP contribution in [0.25, 0.3) is 11.0 Å². The number of pyridine rings is 1. The van der Waals surface area contributed by atoms with Gasteiger partial charge in [0.15, 0.2) is 11.5 Å². The van der Waals surface area contributed by atoms with Crippen molar-refractivity contribution in [3.8, 4) is 11.5 Å². The van der Waals surface area contributed by atoms with E-state index in [4.69, 9.17) is 9.47 Å². The van der Waals surface area contributed by atoms with Gasteiger partial charge in [-0.3, -0.25) is 9.55 Å². The highest BCUT2D eigenvalue weighted by Gasteiger charge is 2.14. The third kappa shape index (κ3) is 2.07. The molecule has 3 heterocycles. The zero-order valence-electron chi connectivity index (χ0n) is 11.9. The van der Waals surface area contributed by atoms with Crippen molar-refractivity contribution >= 4 is 16.7 Å². The molecule has 0 atom stereocenters. The van der Waals surface area contributed by atoms with Crippen LogP contribution in [0.2, 0.25) is 0 Å². The molecule has 0 amide bonds. The van der Waals surface area contributed by atoms with Gasteiger partial charge in [-0.2, -0.15) is 0 Å². The minimum Gasteiger partial charge on any atom is -0.453 e. The number of ether oxygens (including phenoxy) is 2. The van der Waals surface area contributed by atoms with Gasteiger partial charge >= 0.3 is 5.69 Å². The average molecular weight is 298 g/mol. The van der Waals surface area contributed by atoms with Crippen LogP contribution in [0.1, 0.15) is 5.69 Å². The summed E-state index contributed by atoms with van der Waals surface area (Å²) in [7, 11) is 1.74. The van der Waals surface area contributed by atoms with Crippen molar-refractivity contribution < 1.29 is 9.47 Å². The van der Waals surface area contributed by atoms with E-state index in [2.05, 4.69) is 15.3 Å². The zero-order valence-corrected chi connectivity index (χ0v) is 11.9. The molecule has 0 bridgehead atoms. The van der Waals surface area contributed by atoms with Gasteiger partial charge in [-0.15, -0.1) is 0 Å². The lowest BCUT2D eigenvalue weighted by Crippen LogP contribution is -2.11. The molecule has 7 heteroatoms. The molecule has 22 heavy (non-hydrogen) atoms. The number of hydrogen-bond acceptors (Lipinski definition) is 5. The first-order valence-corrected chi connectivity index (χ1v) is 6.88. The molecular weight excluding hydrogens is 284 g/mol. The Morgan fingerprint density at radius 3 is 3.09 bits per heavy atom. The van der Waals surface area contributed by atoms with Crippen LogP contribution < -0.4 is 20.5 Å². The fourth-order valence-corrected chi connectivity index (χ4v) is 2.48. The molecule has 0 radical (unpaired) electrons. The summed E-state index contributed by atoms with van der Waals surface area (Å²) >= 11 is 0. The predicted octanol–water partition coefficient (Wildman–Crippen LogP) is 1.60. The van der Waals surface area contributed by atoms with E-state index in [1.807, 2.05) is 24.3 Å². The van der Waals surface area contributed by atoms with Crippen molar-refractivity contribution in [2.75, 3.05) is 12.1 Å². The third-order valence-electron chi connectivity index (χ3n) is 3.69. The standard InChI is InChI=1S/C15H14N4O3/c1-19-12-3-2-9(4-11(12)18-15(19)20)16-6-10-5-13-14(7-17-10)22-8-21-13/h2-5,7,16H,6,8H2,1H3,(H,18,20). The van der Waals surface area contributed by atoms with E-state index in [-0.39, 0.29) is 12.5 Å². The van der Waals surface area contributed by atoms with Crippen LogP contribution in [-0.4, -0.2) is 21.3 Å². The molecular formula is C15H14N4O3. The van der Waals surface area contributed by atoms with Crippen LogP contribution in [-0.2, 0) is 13.6 Å². The fraction of sp³-hybridized carbons (Fsp3) is 0.200. The first-order chi connectivity index (χ1) is 10.7. The van der Waals surface area contributed by atoms with E-state index < -0.39 is 0 Å². The van der Waals surface area contributed by atoms with Gasteiger partial charge in [0.2, 0.25) is 6.79 Å². The number of fused-ring (bicyclic) bond motifs is 2. The summed E-state index contributed by atoms with van der Waals surface area (Å²) in [6.45, 7) is 0.797. The normalized spacial score (nSPS) is 12.8. The molecule has 7 nitrogen and oxygen atoms in total. The highest BCUT2D eigenvalue weighted by atomic mass is 16.7. The van der Waals surface area contributed by atoms with Gasteiger partial charge in [-0.05, 0) is 18.2 Å². The Bertz CT molecular complexity index is 913. The van der Waals surface area contributed by atoms with Crippen molar-refractivity contribution in [2.45, 2.75) is 6.54 Å². The van der Waals surface area contributed by atoms with Crippen LogP contribution in [0.5, 0.6) is 11.5 Å². The molecule has 0 unspecified atom stereocenters. The first kappa shape index (κ1) is 12.8. The van der Waals surface area contributed by atoms with Crippen molar-refractivity contribution in [3.05, 3.63) is 46.6 Å². The second-order valence-corrected chi connectivity index (χ2v) is 5.10. The summed E-state index contributed by atoms with van der Waals surface area (Å²) in [5, 5.41) is 3.28. The molecule has 4 rings (SSSR count). The van der Waals surface area contributed by atoms with Crippen LogP contribution in [0.3, 0.4) is 0 Å². The van der Waals surface area contributed by atoms with Crippen molar-refractivity contribution in [2.24, 2.45) is 7.05 Å². The van der Waals surface area contributed by atoms with E-state index in [0.717, 1.165) is 28.2 Å². The summed E-state index contributed by atoms with van der Waals surface area (Å²) < 4.78 is 12.2. The number of benzene rings is 1. The van der Waals surface area contributed by atoms with E-state index >= 15 is 0 Å². The van der Waals surface area contributed by atoms with E-state index in [1.54, 1.807) is 17.8 Å². The van der Waals surface area contributed by atoms with Gasteiger partial charge in [-0.25, -0.2) is 4.79 Å². The Morgan fingerprint density at radius 1 is 1.32 bits per heavy atom. The summed E-state index contributed by atoms with van der Waals surface area (Å²) in [5.74, 6) is 1.39. The predicted molar refractivity (Wildman–Crippen MR) is 81.2 cm³/mol. The Kier molecular flexibility index (Phi) is 2.78. The van der Waals surface area contributed by atoms with Gasteiger partial charge in [0.1, 0.15) is 0 Å². The van der Waals surface area contributed by atoms with Gasteiger partial charge in [-0.1, -0.05) is 0 Å². The lowest BCUT2D eigenvalue weighted by molar-refractivity contribution is 0.174. The van der Waals surface area contributed by atoms with Crippen LogP contribution >= 0.6 is 0 Å². The Morgan fingerprint density at radius 2 is 2.18 bits per heavy atom. The molecule has 1 aromatic carbocycles. The Balaban J connectivity index is 1.55. The number of aromatic amines is 1. The topological polar surface area (TPSA) is 81.2 Å². The van der Waals surface area contributed by atoms with Crippen LogP contribution in [0.15, 0.2) is 35.3 Å². The molecule has 1 aliphatic heterocycles.